The average molecular weight is 278 g/mol. The summed E-state index contributed by atoms with van der Waals surface area (Å²) in [6.07, 6.45) is 0. The molecule has 4 heteroatoms. The highest BCUT2D eigenvalue weighted by Crippen LogP contribution is 2.23. The van der Waals surface area contributed by atoms with E-state index in [4.69, 9.17) is 10.00 Å². The van der Waals surface area contributed by atoms with Crippen LogP contribution in [0.1, 0.15) is 21.5 Å². The van der Waals surface area contributed by atoms with Gasteiger partial charge in [-0.2, -0.15) is 5.26 Å². The molecule has 0 N–H and O–H groups in total. The van der Waals surface area contributed by atoms with E-state index in [2.05, 4.69) is 6.07 Å². The number of carbonyl (C=O) groups is 1. The summed E-state index contributed by atoms with van der Waals surface area (Å²) in [5.41, 5.74) is 2.14. The predicted octanol–water partition coefficient (Wildman–Crippen LogP) is 2.59. The average Bonchev–Trinajstić information content (AvgIpc) is 2.68. The van der Waals surface area contributed by atoms with Crippen LogP contribution in [0.5, 0.6) is 5.75 Å². The van der Waals surface area contributed by atoms with Crippen molar-refractivity contribution >= 4 is 5.91 Å². The molecule has 1 aliphatic rings. The summed E-state index contributed by atoms with van der Waals surface area (Å²) < 4.78 is 5.62. The highest BCUT2D eigenvalue weighted by atomic mass is 16.5. The zero-order valence-electron chi connectivity index (χ0n) is 11.5. The lowest BCUT2D eigenvalue weighted by Gasteiger charge is -2.20. The van der Waals surface area contributed by atoms with Gasteiger partial charge in [-0.15, -0.1) is 0 Å². The third-order valence-corrected chi connectivity index (χ3v) is 3.45. The number of hydrogen-bond donors (Lipinski definition) is 0. The maximum atomic E-state index is 12.6. The van der Waals surface area contributed by atoms with Crippen molar-refractivity contribution in [1.82, 2.24) is 4.90 Å². The first kappa shape index (κ1) is 13.2. The van der Waals surface area contributed by atoms with Crippen LogP contribution in [0.3, 0.4) is 0 Å². The van der Waals surface area contributed by atoms with Crippen molar-refractivity contribution in [1.29, 1.82) is 5.26 Å². The molecule has 1 aliphatic heterocycles. The highest BCUT2D eigenvalue weighted by molar-refractivity contribution is 5.97. The first-order valence-electron chi connectivity index (χ1n) is 6.78. The molecule has 1 heterocycles. The lowest BCUT2D eigenvalue weighted by atomic mass is 10.1. The summed E-state index contributed by atoms with van der Waals surface area (Å²) in [6.45, 7) is 1.48. The summed E-state index contributed by atoms with van der Waals surface area (Å²) in [5.74, 6) is 0.598. The van der Waals surface area contributed by atoms with Gasteiger partial charge in [-0.25, -0.2) is 0 Å². The Kier molecular flexibility index (Phi) is 3.57. The highest BCUT2D eigenvalue weighted by Gasteiger charge is 2.23. The van der Waals surface area contributed by atoms with Crippen molar-refractivity contribution in [3.05, 3.63) is 65.2 Å². The number of fused-ring (bicyclic) bond motifs is 1. The molecule has 0 saturated carbocycles. The van der Waals surface area contributed by atoms with Crippen LogP contribution in [0, 0.1) is 11.3 Å². The largest absolute Gasteiger partial charge is 0.491 e. The lowest BCUT2D eigenvalue weighted by Crippen LogP contribution is -2.31. The molecular weight excluding hydrogens is 264 g/mol. The van der Waals surface area contributed by atoms with Gasteiger partial charge in [0.2, 0.25) is 0 Å². The number of hydrogen-bond acceptors (Lipinski definition) is 3. The molecule has 0 bridgehead atoms. The van der Waals surface area contributed by atoms with E-state index in [1.54, 1.807) is 17.0 Å². The molecule has 2 aromatic rings. The van der Waals surface area contributed by atoms with Gasteiger partial charge in [0.15, 0.2) is 0 Å². The van der Waals surface area contributed by atoms with Crippen LogP contribution in [-0.4, -0.2) is 24.0 Å². The molecule has 0 atom stereocenters. The molecule has 21 heavy (non-hydrogen) atoms. The fourth-order valence-electron chi connectivity index (χ4n) is 2.42. The number of ether oxygens (including phenoxy) is 1. The predicted molar refractivity (Wildman–Crippen MR) is 77.8 cm³/mol. The van der Waals surface area contributed by atoms with E-state index in [1.165, 1.54) is 0 Å². The maximum Gasteiger partial charge on any atom is 0.258 e. The Hall–Kier alpha value is -2.80. The number of rotatable bonds is 2. The zero-order chi connectivity index (χ0) is 14.7. The molecule has 0 radical (unpaired) electrons. The molecule has 0 saturated heterocycles. The smallest absolute Gasteiger partial charge is 0.258 e. The van der Waals surface area contributed by atoms with E-state index >= 15 is 0 Å². The van der Waals surface area contributed by atoms with Crippen LogP contribution in [0.25, 0.3) is 0 Å². The van der Waals surface area contributed by atoms with Gasteiger partial charge in [0.05, 0.1) is 23.7 Å². The maximum absolute atomic E-state index is 12.6. The third-order valence-electron chi connectivity index (χ3n) is 3.45. The second-order valence-corrected chi connectivity index (χ2v) is 4.88. The second-order valence-electron chi connectivity index (χ2n) is 4.88. The van der Waals surface area contributed by atoms with Gasteiger partial charge in [0, 0.05) is 6.54 Å². The van der Waals surface area contributed by atoms with Crippen LogP contribution in [-0.2, 0) is 6.54 Å². The SMILES string of the molecule is N#Cc1cccc(CN2CCOc3ccccc3C2=O)c1. The fourth-order valence-corrected chi connectivity index (χ4v) is 2.42. The monoisotopic (exact) mass is 278 g/mol. The Morgan fingerprint density at radius 3 is 2.90 bits per heavy atom. The number of amides is 1. The Morgan fingerprint density at radius 2 is 2.05 bits per heavy atom. The number of carbonyl (C=O) groups excluding carboxylic acids is 1. The minimum absolute atomic E-state index is 0.0366. The second kappa shape index (κ2) is 5.68. The van der Waals surface area contributed by atoms with Gasteiger partial charge in [0.1, 0.15) is 12.4 Å². The summed E-state index contributed by atoms with van der Waals surface area (Å²) in [7, 11) is 0. The molecule has 0 aromatic heterocycles. The van der Waals surface area contributed by atoms with Crippen LogP contribution in [0.2, 0.25) is 0 Å². The van der Waals surface area contributed by atoms with Gasteiger partial charge in [0.25, 0.3) is 5.91 Å². The molecule has 0 unspecified atom stereocenters. The molecular formula is C17H14N2O2. The molecule has 4 nitrogen and oxygen atoms in total. The minimum Gasteiger partial charge on any atom is -0.491 e. The molecule has 1 amide bonds. The topological polar surface area (TPSA) is 53.3 Å². The molecule has 0 spiro atoms. The molecule has 0 fully saturated rings. The van der Waals surface area contributed by atoms with Crippen LogP contribution < -0.4 is 4.74 Å². The van der Waals surface area contributed by atoms with Gasteiger partial charge >= 0.3 is 0 Å². The van der Waals surface area contributed by atoms with E-state index in [0.717, 1.165) is 5.56 Å². The third kappa shape index (κ3) is 2.72. The summed E-state index contributed by atoms with van der Waals surface area (Å²) in [5, 5.41) is 8.94. The van der Waals surface area contributed by atoms with Crippen molar-refractivity contribution in [2.24, 2.45) is 0 Å². The molecule has 2 aromatic carbocycles. The molecule has 104 valence electrons. The van der Waals surface area contributed by atoms with Crippen molar-refractivity contribution in [3.8, 4) is 11.8 Å². The Morgan fingerprint density at radius 1 is 1.19 bits per heavy atom. The zero-order valence-corrected chi connectivity index (χ0v) is 11.5. The van der Waals surface area contributed by atoms with Crippen molar-refractivity contribution < 1.29 is 9.53 Å². The summed E-state index contributed by atoms with van der Waals surface area (Å²) >= 11 is 0. The standard InChI is InChI=1S/C17H14N2O2/c18-11-13-4-3-5-14(10-13)12-19-8-9-21-16-7-2-1-6-15(16)17(19)20/h1-7,10H,8-9,12H2. The van der Waals surface area contributed by atoms with Gasteiger partial charge in [-0.1, -0.05) is 24.3 Å². The number of nitrogens with zero attached hydrogens (tertiary/aromatic N) is 2. The van der Waals surface area contributed by atoms with Gasteiger partial charge in [-0.05, 0) is 29.8 Å². The van der Waals surface area contributed by atoms with E-state index in [0.29, 0.717) is 36.6 Å². The number of para-hydroxylation sites is 1. The minimum atomic E-state index is -0.0366. The van der Waals surface area contributed by atoms with E-state index in [1.807, 2.05) is 36.4 Å². The van der Waals surface area contributed by atoms with E-state index in [-0.39, 0.29) is 5.91 Å². The molecule has 0 aliphatic carbocycles. The number of benzene rings is 2. The van der Waals surface area contributed by atoms with Crippen LogP contribution >= 0.6 is 0 Å². The van der Waals surface area contributed by atoms with Gasteiger partial charge < -0.3 is 9.64 Å². The van der Waals surface area contributed by atoms with Crippen molar-refractivity contribution in [3.63, 3.8) is 0 Å². The number of nitriles is 1. The first-order chi connectivity index (χ1) is 10.3. The fraction of sp³-hybridized carbons (Fsp3) is 0.176. The van der Waals surface area contributed by atoms with Crippen molar-refractivity contribution in [2.75, 3.05) is 13.2 Å². The van der Waals surface area contributed by atoms with Crippen LogP contribution in [0.15, 0.2) is 48.5 Å². The quantitative estimate of drug-likeness (QED) is 0.848. The summed E-state index contributed by atoms with van der Waals surface area (Å²) in [6, 6.07) is 16.7. The molecule has 3 rings (SSSR count). The first-order valence-corrected chi connectivity index (χ1v) is 6.78. The normalized spacial score (nSPS) is 13.9. The van der Waals surface area contributed by atoms with E-state index < -0.39 is 0 Å². The Balaban J connectivity index is 1.86. The van der Waals surface area contributed by atoms with Gasteiger partial charge in [-0.3, -0.25) is 4.79 Å². The Bertz CT molecular complexity index is 719. The summed E-state index contributed by atoms with van der Waals surface area (Å²) in [4.78, 5) is 14.3. The van der Waals surface area contributed by atoms with E-state index in [9.17, 15) is 4.79 Å². The lowest BCUT2D eigenvalue weighted by molar-refractivity contribution is 0.0743. The Labute approximate surface area is 123 Å². The van der Waals surface area contributed by atoms with Crippen molar-refractivity contribution in [2.45, 2.75) is 6.54 Å². The van der Waals surface area contributed by atoms with Crippen LogP contribution in [0.4, 0.5) is 0 Å².